The Morgan fingerprint density at radius 3 is 2.22 bits per heavy atom. The Hall–Kier alpha value is -2.87. The van der Waals surface area contributed by atoms with E-state index in [1.807, 2.05) is 13.8 Å². The van der Waals surface area contributed by atoms with Crippen molar-refractivity contribution < 1.29 is 38.6 Å². The Balaban J connectivity index is 2.43. The van der Waals surface area contributed by atoms with Crippen LogP contribution in [0, 0.1) is 11.8 Å². The summed E-state index contributed by atoms with van der Waals surface area (Å²) in [5.74, 6) is -1.73. The molecule has 210 valence electrons. The average Bonchev–Trinajstić information content (AvgIpc) is 3.14. The second-order valence-corrected chi connectivity index (χ2v) is 9.32. The van der Waals surface area contributed by atoms with Crippen LogP contribution in [0.5, 0.6) is 0 Å². The summed E-state index contributed by atoms with van der Waals surface area (Å²) in [5.41, 5.74) is 5.06. The Labute approximate surface area is 217 Å². The fourth-order valence-corrected chi connectivity index (χ4v) is 3.57. The molecule has 3 atom stereocenters. The summed E-state index contributed by atoms with van der Waals surface area (Å²) < 4.78 is 10.6. The monoisotopic (exact) mass is 527 g/mol. The number of nitrogens with one attached hydrogen (secondary N) is 3. The number of imide groups is 1. The number of primary amides is 1. The van der Waals surface area contributed by atoms with Gasteiger partial charge < -0.3 is 30.9 Å². The van der Waals surface area contributed by atoms with E-state index < -0.39 is 30.2 Å². The Bertz CT molecular complexity index is 799. The number of ether oxygens (including phenoxy) is 2. The fraction of sp³-hybridized carbons (Fsp3) is 0.708. The smallest absolute Gasteiger partial charge is 0.312 e. The van der Waals surface area contributed by atoms with Crippen LogP contribution in [0.3, 0.4) is 0 Å². The molecule has 13 heteroatoms. The van der Waals surface area contributed by atoms with E-state index in [0.29, 0.717) is 19.4 Å². The number of carbonyl (C=O) groups is 5. The van der Waals surface area contributed by atoms with E-state index in [4.69, 9.17) is 15.2 Å². The van der Waals surface area contributed by atoms with E-state index in [1.54, 1.807) is 13.8 Å². The highest BCUT2D eigenvalue weighted by atomic mass is 16.5. The molecule has 0 aromatic heterocycles. The lowest BCUT2D eigenvalue weighted by molar-refractivity contribution is -0.138. The first-order valence-electron chi connectivity index (χ1n) is 12.4. The SMILES string of the molecule is CC(C)C(=O)[C@H](CCCNC(N)=O)NC(O)[C@@H](NC(=O)COCCOCCN1C(=O)C=CC1=O)C(C)C. The first kappa shape index (κ1) is 32.2. The van der Waals surface area contributed by atoms with Gasteiger partial charge in [0, 0.05) is 24.6 Å². The molecule has 13 nitrogen and oxygen atoms in total. The fourth-order valence-electron chi connectivity index (χ4n) is 3.57. The molecular formula is C24H41N5O8. The van der Waals surface area contributed by atoms with Gasteiger partial charge in [0.05, 0.1) is 38.4 Å². The summed E-state index contributed by atoms with van der Waals surface area (Å²) in [6.45, 7) is 7.77. The average molecular weight is 528 g/mol. The molecule has 0 fully saturated rings. The van der Waals surface area contributed by atoms with Gasteiger partial charge in [-0.05, 0) is 18.8 Å². The minimum Gasteiger partial charge on any atom is -0.377 e. The largest absolute Gasteiger partial charge is 0.377 e. The number of urea groups is 1. The maximum Gasteiger partial charge on any atom is 0.312 e. The second-order valence-electron chi connectivity index (χ2n) is 9.32. The third-order valence-corrected chi connectivity index (χ3v) is 5.60. The molecule has 1 heterocycles. The summed E-state index contributed by atoms with van der Waals surface area (Å²) in [7, 11) is 0. The van der Waals surface area contributed by atoms with Crippen LogP contribution in [0.25, 0.3) is 0 Å². The molecule has 0 bridgehead atoms. The van der Waals surface area contributed by atoms with Gasteiger partial charge >= 0.3 is 6.03 Å². The molecule has 0 aromatic rings. The Kier molecular flexibility index (Phi) is 14.6. The van der Waals surface area contributed by atoms with Gasteiger partial charge in [-0.15, -0.1) is 0 Å². The molecule has 0 radical (unpaired) electrons. The van der Waals surface area contributed by atoms with Gasteiger partial charge in [-0.1, -0.05) is 27.7 Å². The van der Waals surface area contributed by atoms with Crippen LogP contribution in [0.1, 0.15) is 40.5 Å². The molecule has 37 heavy (non-hydrogen) atoms. The Morgan fingerprint density at radius 1 is 1.03 bits per heavy atom. The van der Waals surface area contributed by atoms with Crippen molar-refractivity contribution in [3.8, 4) is 0 Å². The molecule has 1 aliphatic rings. The van der Waals surface area contributed by atoms with E-state index in [2.05, 4.69) is 16.0 Å². The van der Waals surface area contributed by atoms with Crippen LogP contribution >= 0.6 is 0 Å². The number of rotatable bonds is 19. The first-order valence-corrected chi connectivity index (χ1v) is 12.4. The summed E-state index contributed by atoms with van der Waals surface area (Å²) in [4.78, 5) is 59.8. The van der Waals surface area contributed by atoms with Crippen molar-refractivity contribution in [1.29, 1.82) is 0 Å². The molecule has 1 rings (SSSR count). The number of ketones is 1. The topological polar surface area (TPSA) is 189 Å². The zero-order valence-electron chi connectivity index (χ0n) is 22.0. The van der Waals surface area contributed by atoms with Crippen molar-refractivity contribution in [1.82, 2.24) is 20.9 Å². The predicted octanol–water partition coefficient (Wildman–Crippen LogP) is -0.964. The molecule has 0 spiro atoms. The Morgan fingerprint density at radius 2 is 1.65 bits per heavy atom. The van der Waals surface area contributed by atoms with Crippen LogP contribution in [-0.4, -0.2) is 97.4 Å². The van der Waals surface area contributed by atoms with Crippen molar-refractivity contribution in [2.24, 2.45) is 17.6 Å². The minimum atomic E-state index is -1.20. The lowest BCUT2D eigenvalue weighted by atomic mass is 9.96. The minimum absolute atomic E-state index is 0.0926. The van der Waals surface area contributed by atoms with Crippen LogP contribution in [0.2, 0.25) is 0 Å². The molecular weight excluding hydrogens is 486 g/mol. The maximum atomic E-state index is 12.6. The number of aliphatic hydroxyl groups excluding tert-OH is 1. The van der Waals surface area contributed by atoms with Gasteiger partial charge in [0.1, 0.15) is 12.8 Å². The highest BCUT2D eigenvalue weighted by molar-refractivity contribution is 6.12. The number of carbonyl (C=O) groups excluding carboxylic acids is 5. The van der Waals surface area contributed by atoms with Gasteiger partial charge in [0.15, 0.2) is 5.78 Å². The van der Waals surface area contributed by atoms with Crippen LogP contribution in [0.4, 0.5) is 4.79 Å². The third kappa shape index (κ3) is 12.3. The molecule has 0 aliphatic carbocycles. The van der Waals surface area contributed by atoms with E-state index in [1.165, 1.54) is 12.2 Å². The zero-order valence-corrected chi connectivity index (χ0v) is 22.0. The standard InChI is InChI=1S/C24H41N5O8/c1-15(2)21(23(34)27-17(22(33)16(3)4)6-5-9-26-24(25)35)28-18(30)14-37-13-12-36-11-10-29-19(31)7-8-20(29)32/h7-8,15-17,21,23,27,34H,5-6,9-14H2,1-4H3,(H,28,30)(H3,25,26,35)/t17-,21-,23?/m0/s1. The normalized spacial score (nSPS) is 15.8. The summed E-state index contributed by atoms with van der Waals surface area (Å²) >= 11 is 0. The number of hydrogen-bond acceptors (Lipinski definition) is 9. The third-order valence-electron chi connectivity index (χ3n) is 5.60. The predicted molar refractivity (Wildman–Crippen MR) is 134 cm³/mol. The molecule has 1 aliphatic heterocycles. The zero-order chi connectivity index (χ0) is 28.0. The molecule has 0 saturated heterocycles. The lowest BCUT2D eigenvalue weighted by Crippen LogP contribution is -2.57. The summed E-state index contributed by atoms with van der Waals surface area (Å²) in [6, 6.07) is -2.01. The second kappa shape index (κ2) is 16.8. The first-order chi connectivity index (χ1) is 17.4. The molecule has 6 N–H and O–H groups in total. The molecule has 0 saturated carbocycles. The van der Waals surface area contributed by atoms with Crippen LogP contribution in [0.15, 0.2) is 12.2 Å². The van der Waals surface area contributed by atoms with E-state index in [-0.39, 0.29) is 62.4 Å². The summed E-state index contributed by atoms with van der Waals surface area (Å²) in [6.07, 6.45) is 2.05. The highest BCUT2D eigenvalue weighted by Gasteiger charge is 2.30. The van der Waals surface area contributed by atoms with E-state index in [9.17, 15) is 29.1 Å². The van der Waals surface area contributed by atoms with Crippen LogP contribution in [-0.2, 0) is 28.7 Å². The number of nitrogens with two attached hydrogens (primary N) is 1. The number of amides is 5. The maximum absolute atomic E-state index is 12.6. The molecule has 5 amide bonds. The van der Waals surface area contributed by atoms with Gasteiger partial charge in [0.25, 0.3) is 11.8 Å². The number of hydrogen-bond donors (Lipinski definition) is 5. The highest BCUT2D eigenvalue weighted by Crippen LogP contribution is 2.11. The quantitative estimate of drug-likeness (QED) is 0.0800. The van der Waals surface area contributed by atoms with Crippen LogP contribution < -0.4 is 21.7 Å². The summed E-state index contributed by atoms with van der Waals surface area (Å²) in [5, 5.41) is 18.9. The van der Waals surface area contributed by atoms with Gasteiger partial charge in [-0.3, -0.25) is 29.4 Å². The van der Waals surface area contributed by atoms with Gasteiger partial charge in [0.2, 0.25) is 5.91 Å². The van der Waals surface area contributed by atoms with Crippen molar-refractivity contribution in [3.63, 3.8) is 0 Å². The number of nitrogens with zero attached hydrogens (tertiary/aromatic N) is 1. The lowest BCUT2D eigenvalue weighted by Gasteiger charge is -2.31. The molecule has 1 unspecified atom stereocenters. The molecule has 0 aromatic carbocycles. The van der Waals surface area contributed by atoms with Crippen molar-refractivity contribution in [2.45, 2.75) is 58.8 Å². The van der Waals surface area contributed by atoms with Gasteiger partial charge in [-0.25, -0.2) is 4.79 Å². The van der Waals surface area contributed by atoms with E-state index >= 15 is 0 Å². The van der Waals surface area contributed by atoms with Crippen molar-refractivity contribution in [3.05, 3.63) is 12.2 Å². The van der Waals surface area contributed by atoms with Crippen molar-refractivity contribution in [2.75, 3.05) is 39.5 Å². The van der Waals surface area contributed by atoms with E-state index in [0.717, 1.165) is 4.90 Å². The van der Waals surface area contributed by atoms with Crippen molar-refractivity contribution >= 4 is 29.5 Å². The number of aliphatic hydroxyl groups is 1. The number of Topliss-reactive ketones (excluding diaryl/α,β-unsaturated/α-hetero) is 1. The van der Waals surface area contributed by atoms with Gasteiger partial charge in [-0.2, -0.15) is 0 Å².